The van der Waals surface area contributed by atoms with Gasteiger partial charge in [0.1, 0.15) is 6.61 Å². The first-order valence-corrected chi connectivity index (χ1v) is 17.9. The van der Waals surface area contributed by atoms with Crippen molar-refractivity contribution >= 4 is 29.2 Å². The highest BCUT2D eigenvalue weighted by Crippen LogP contribution is 2.22. The van der Waals surface area contributed by atoms with Gasteiger partial charge in [0.2, 0.25) is 0 Å². The van der Waals surface area contributed by atoms with E-state index in [1.807, 2.05) is 50.2 Å². The number of alkyl carbamates (subject to hydrolysis) is 1. The normalized spacial score (nSPS) is 15.3. The van der Waals surface area contributed by atoms with Crippen LogP contribution in [0.4, 0.5) is 9.59 Å². The van der Waals surface area contributed by atoms with Crippen molar-refractivity contribution in [1.29, 1.82) is 0 Å². The van der Waals surface area contributed by atoms with Crippen LogP contribution in [0.3, 0.4) is 0 Å². The summed E-state index contributed by atoms with van der Waals surface area (Å²) in [6.45, 7) is 7.78. The Labute approximate surface area is 289 Å². The highest BCUT2D eigenvalue weighted by Gasteiger charge is 2.28. The lowest BCUT2D eigenvalue weighted by Gasteiger charge is -2.30. The van der Waals surface area contributed by atoms with Crippen molar-refractivity contribution in [3.8, 4) is 0 Å². The number of hydrogen-bond donors (Lipinski definition) is 2. The average molecular weight is 678 g/mol. The molecule has 4 rings (SSSR count). The Balaban J connectivity index is 1.46. The first-order valence-electron chi connectivity index (χ1n) is 17.0. The summed E-state index contributed by atoms with van der Waals surface area (Å²) in [6, 6.07) is 19.2. The Morgan fingerprint density at radius 3 is 2.23 bits per heavy atom. The summed E-state index contributed by atoms with van der Waals surface area (Å²) in [7, 11) is 1.75. The molecular weight excluding hydrogens is 627 g/mol. The van der Waals surface area contributed by atoms with Crippen LogP contribution in [-0.4, -0.2) is 90.7 Å². The molecule has 10 nitrogen and oxygen atoms in total. The van der Waals surface area contributed by atoms with Crippen molar-refractivity contribution in [3.63, 3.8) is 0 Å². The average Bonchev–Trinajstić information content (AvgIpc) is 3.63. The molecule has 3 atom stereocenters. The minimum Gasteiger partial charge on any atom is -0.444 e. The SMILES string of the molecule is CC(C)N(C)C(=O)N[C@@H](CCN1CCOCC1)C(=O)C[C@H](CC[C@@H](Cc1ccccc1)NC(=O)OCc1cncs1)Cc1ccccc1. The van der Waals surface area contributed by atoms with Gasteiger partial charge in [-0.05, 0) is 63.0 Å². The molecule has 2 aromatic carbocycles. The number of thiazole rings is 1. The number of aromatic nitrogens is 1. The molecule has 1 aliphatic rings. The highest BCUT2D eigenvalue weighted by molar-refractivity contribution is 7.09. The van der Waals surface area contributed by atoms with Crippen molar-refractivity contribution in [2.75, 3.05) is 39.9 Å². The van der Waals surface area contributed by atoms with Gasteiger partial charge in [0, 0.05) is 51.4 Å². The van der Waals surface area contributed by atoms with Crippen molar-refractivity contribution < 1.29 is 23.9 Å². The Morgan fingerprint density at radius 1 is 0.938 bits per heavy atom. The van der Waals surface area contributed by atoms with Crippen LogP contribution in [0.25, 0.3) is 0 Å². The third-order valence-electron chi connectivity index (χ3n) is 8.88. The summed E-state index contributed by atoms with van der Waals surface area (Å²) in [5.74, 6) is 0.0463. The quantitative estimate of drug-likeness (QED) is 0.177. The van der Waals surface area contributed by atoms with E-state index in [4.69, 9.17) is 9.47 Å². The number of Topliss-reactive ketones (excluding diaryl/α,β-unsaturated/α-hetero) is 1. The van der Waals surface area contributed by atoms with Gasteiger partial charge in [0.25, 0.3) is 0 Å². The standard InChI is InChI=1S/C37H51N5O5S/c1-28(2)41(3)36(44)40-34(16-17-42-18-20-46-21-19-42)35(43)24-31(22-29-10-6-4-7-11-29)14-15-32(23-30-12-8-5-9-13-30)39-37(45)47-26-33-25-38-27-48-33/h4-13,25,27-28,31-32,34H,14-24,26H2,1-3H3,(H,39,45)(H,40,44)/t31-,32+,34+/m1/s1. The van der Waals surface area contributed by atoms with E-state index in [2.05, 4.69) is 44.8 Å². The summed E-state index contributed by atoms with van der Waals surface area (Å²) < 4.78 is 11.0. The number of ketones is 1. The van der Waals surface area contributed by atoms with E-state index in [1.54, 1.807) is 23.7 Å². The maximum absolute atomic E-state index is 14.1. The molecule has 0 saturated carbocycles. The van der Waals surface area contributed by atoms with Crippen molar-refractivity contribution in [2.45, 2.75) is 77.1 Å². The second kappa shape index (κ2) is 19.9. The van der Waals surface area contributed by atoms with Gasteiger partial charge >= 0.3 is 12.1 Å². The third-order valence-corrected chi connectivity index (χ3v) is 9.63. The minimum absolute atomic E-state index is 0.00791. The van der Waals surface area contributed by atoms with Gasteiger partial charge < -0.3 is 25.0 Å². The molecule has 1 aromatic heterocycles. The summed E-state index contributed by atoms with van der Waals surface area (Å²) in [5.41, 5.74) is 3.98. The molecule has 2 heterocycles. The Bertz CT molecular complexity index is 1370. The second-order valence-electron chi connectivity index (χ2n) is 12.8. The van der Waals surface area contributed by atoms with Gasteiger partial charge in [0.05, 0.1) is 29.6 Å². The maximum Gasteiger partial charge on any atom is 0.407 e. The summed E-state index contributed by atoms with van der Waals surface area (Å²) in [5, 5.41) is 6.15. The van der Waals surface area contributed by atoms with Gasteiger partial charge in [-0.1, -0.05) is 60.7 Å². The van der Waals surface area contributed by atoms with Crippen LogP contribution in [0.1, 0.15) is 55.5 Å². The highest BCUT2D eigenvalue weighted by atomic mass is 32.1. The predicted octanol–water partition coefficient (Wildman–Crippen LogP) is 5.72. The Hall–Kier alpha value is -3.80. The number of carbonyl (C=O) groups excluding carboxylic acids is 3. The molecule has 0 bridgehead atoms. The molecule has 3 aromatic rings. The molecule has 0 spiro atoms. The number of rotatable bonds is 18. The monoisotopic (exact) mass is 677 g/mol. The van der Waals surface area contributed by atoms with Gasteiger partial charge in [-0.25, -0.2) is 9.59 Å². The number of nitrogens with zero attached hydrogens (tertiary/aromatic N) is 3. The van der Waals surface area contributed by atoms with Crippen LogP contribution in [0.15, 0.2) is 72.4 Å². The van der Waals surface area contributed by atoms with Crippen LogP contribution in [0.2, 0.25) is 0 Å². The van der Waals surface area contributed by atoms with Gasteiger partial charge in [-0.15, -0.1) is 11.3 Å². The number of nitrogens with one attached hydrogen (secondary N) is 2. The maximum atomic E-state index is 14.1. The molecule has 3 amide bonds. The first-order chi connectivity index (χ1) is 23.3. The summed E-state index contributed by atoms with van der Waals surface area (Å²) >= 11 is 1.44. The van der Waals surface area contributed by atoms with E-state index in [0.29, 0.717) is 51.9 Å². The zero-order valence-electron chi connectivity index (χ0n) is 28.5. The number of ether oxygens (including phenoxy) is 2. The second-order valence-corrected chi connectivity index (χ2v) is 13.8. The molecule has 1 fully saturated rings. The lowest BCUT2D eigenvalue weighted by molar-refractivity contribution is -0.122. The van der Waals surface area contributed by atoms with Gasteiger partial charge in [-0.2, -0.15) is 0 Å². The third kappa shape index (κ3) is 13.0. The number of hydrogen-bond acceptors (Lipinski definition) is 8. The molecule has 0 aliphatic carbocycles. The number of morpholine rings is 1. The van der Waals surface area contributed by atoms with Crippen molar-refractivity contribution in [1.82, 2.24) is 25.4 Å². The van der Waals surface area contributed by atoms with Gasteiger partial charge in [0.15, 0.2) is 5.78 Å². The fourth-order valence-electron chi connectivity index (χ4n) is 5.81. The van der Waals surface area contributed by atoms with Crippen LogP contribution in [-0.2, 0) is 33.7 Å². The van der Waals surface area contributed by atoms with E-state index in [9.17, 15) is 14.4 Å². The molecular formula is C37H51N5O5S. The summed E-state index contributed by atoms with van der Waals surface area (Å²) in [4.78, 5) is 48.9. The van der Waals surface area contributed by atoms with Crippen LogP contribution in [0, 0.1) is 5.92 Å². The predicted molar refractivity (Wildman–Crippen MR) is 189 cm³/mol. The molecule has 1 aliphatic heterocycles. The first kappa shape index (κ1) is 37.0. The zero-order chi connectivity index (χ0) is 34.1. The fourth-order valence-corrected chi connectivity index (χ4v) is 6.31. The number of urea groups is 1. The number of amides is 3. The van der Waals surface area contributed by atoms with E-state index in [1.165, 1.54) is 11.3 Å². The van der Waals surface area contributed by atoms with E-state index in [0.717, 1.165) is 35.5 Å². The van der Waals surface area contributed by atoms with Crippen LogP contribution >= 0.6 is 11.3 Å². The van der Waals surface area contributed by atoms with Crippen molar-refractivity contribution in [2.24, 2.45) is 5.92 Å². The fraction of sp³-hybridized carbons (Fsp3) is 0.514. The van der Waals surface area contributed by atoms with E-state index in [-0.39, 0.29) is 36.4 Å². The number of benzene rings is 2. The lowest BCUT2D eigenvalue weighted by Crippen LogP contribution is -2.50. The summed E-state index contributed by atoms with van der Waals surface area (Å²) in [6.07, 6.45) is 4.82. The van der Waals surface area contributed by atoms with Crippen LogP contribution in [0.5, 0.6) is 0 Å². The van der Waals surface area contributed by atoms with E-state index < -0.39 is 12.1 Å². The molecule has 0 unspecified atom stereocenters. The Kier molecular flexibility index (Phi) is 15.3. The lowest BCUT2D eigenvalue weighted by atomic mass is 9.86. The molecule has 0 radical (unpaired) electrons. The molecule has 11 heteroatoms. The van der Waals surface area contributed by atoms with Crippen LogP contribution < -0.4 is 10.6 Å². The molecule has 260 valence electrons. The smallest absolute Gasteiger partial charge is 0.407 e. The topological polar surface area (TPSA) is 113 Å². The number of carbonyl (C=O) groups is 3. The zero-order valence-corrected chi connectivity index (χ0v) is 29.3. The molecule has 48 heavy (non-hydrogen) atoms. The molecule has 1 saturated heterocycles. The van der Waals surface area contributed by atoms with E-state index >= 15 is 0 Å². The van der Waals surface area contributed by atoms with Crippen molar-refractivity contribution in [3.05, 3.63) is 88.4 Å². The van der Waals surface area contributed by atoms with Gasteiger partial charge in [-0.3, -0.25) is 14.7 Å². The minimum atomic E-state index is -0.597. The Morgan fingerprint density at radius 2 is 1.60 bits per heavy atom. The molecule has 2 N–H and O–H groups in total. The largest absolute Gasteiger partial charge is 0.444 e.